The average Bonchev–Trinajstić information content (AvgIpc) is 3.01. The van der Waals surface area contributed by atoms with Crippen LogP contribution in [-0.4, -0.2) is 14.8 Å². The van der Waals surface area contributed by atoms with Crippen LogP contribution in [0.4, 0.5) is 0 Å². The maximum Gasteiger partial charge on any atom is 0.137 e. The summed E-state index contributed by atoms with van der Waals surface area (Å²) < 4.78 is 1.73. The highest BCUT2D eigenvalue weighted by Gasteiger charge is 2.06. The summed E-state index contributed by atoms with van der Waals surface area (Å²) in [7, 11) is 0. The van der Waals surface area contributed by atoms with E-state index in [1.54, 1.807) is 11.0 Å². The van der Waals surface area contributed by atoms with Crippen molar-refractivity contribution in [1.82, 2.24) is 14.8 Å². The van der Waals surface area contributed by atoms with Crippen molar-refractivity contribution >= 4 is 0 Å². The molecule has 0 bridgehead atoms. The van der Waals surface area contributed by atoms with E-state index in [1.165, 1.54) is 6.33 Å². The first kappa shape index (κ1) is 12.1. The fourth-order valence-electron chi connectivity index (χ4n) is 2.15. The lowest BCUT2D eigenvalue weighted by Crippen LogP contribution is -2.00. The summed E-state index contributed by atoms with van der Waals surface area (Å²) >= 11 is 0. The van der Waals surface area contributed by atoms with Crippen LogP contribution >= 0.6 is 0 Å². The van der Waals surface area contributed by atoms with Crippen LogP contribution in [0.5, 0.6) is 0 Å². The standard InChI is InChI=1S/C16H12N4/c17-9-15-8-13(10-20-12-18-11-19-20)6-7-16(15)14-4-2-1-3-5-14/h1-8,11-12H,10H2. The Morgan fingerprint density at radius 2 is 1.95 bits per heavy atom. The van der Waals surface area contributed by atoms with Gasteiger partial charge in [0.25, 0.3) is 0 Å². The number of benzene rings is 2. The second kappa shape index (κ2) is 5.37. The highest BCUT2D eigenvalue weighted by Crippen LogP contribution is 2.24. The number of hydrogen-bond donors (Lipinski definition) is 0. The van der Waals surface area contributed by atoms with E-state index < -0.39 is 0 Å². The van der Waals surface area contributed by atoms with Crippen molar-refractivity contribution in [2.45, 2.75) is 6.54 Å². The molecule has 20 heavy (non-hydrogen) atoms. The zero-order valence-corrected chi connectivity index (χ0v) is 10.8. The normalized spacial score (nSPS) is 10.2. The van der Waals surface area contributed by atoms with Gasteiger partial charge in [0.15, 0.2) is 0 Å². The maximum absolute atomic E-state index is 9.35. The molecule has 0 aliphatic rings. The van der Waals surface area contributed by atoms with Gasteiger partial charge in [-0.15, -0.1) is 0 Å². The summed E-state index contributed by atoms with van der Waals surface area (Å²) in [6.07, 6.45) is 3.17. The molecular formula is C16H12N4. The molecule has 4 nitrogen and oxygen atoms in total. The molecule has 4 heteroatoms. The third kappa shape index (κ3) is 2.43. The molecule has 3 rings (SSSR count). The highest BCUT2D eigenvalue weighted by molar-refractivity contribution is 5.70. The summed E-state index contributed by atoms with van der Waals surface area (Å²) in [5.41, 5.74) is 3.72. The molecule has 0 aliphatic carbocycles. The third-order valence-corrected chi connectivity index (χ3v) is 3.10. The molecule has 3 aromatic rings. The minimum atomic E-state index is 0.615. The first-order valence-corrected chi connectivity index (χ1v) is 6.27. The van der Waals surface area contributed by atoms with E-state index in [2.05, 4.69) is 16.2 Å². The lowest BCUT2D eigenvalue weighted by atomic mass is 9.98. The van der Waals surface area contributed by atoms with Crippen LogP contribution in [0.15, 0.2) is 61.2 Å². The topological polar surface area (TPSA) is 54.5 Å². The van der Waals surface area contributed by atoms with Gasteiger partial charge in [0.2, 0.25) is 0 Å². The molecule has 1 aromatic heterocycles. The van der Waals surface area contributed by atoms with E-state index in [0.717, 1.165) is 16.7 Å². The third-order valence-electron chi connectivity index (χ3n) is 3.10. The minimum absolute atomic E-state index is 0.615. The Bertz CT molecular complexity index is 740. The van der Waals surface area contributed by atoms with Gasteiger partial charge in [-0.05, 0) is 22.8 Å². The van der Waals surface area contributed by atoms with Gasteiger partial charge in [0.05, 0.1) is 18.2 Å². The van der Waals surface area contributed by atoms with E-state index in [0.29, 0.717) is 12.1 Å². The molecule has 2 aromatic carbocycles. The zero-order chi connectivity index (χ0) is 13.8. The van der Waals surface area contributed by atoms with Crippen LogP contribution in [0.3, 0.4) is 0 Å². The number of aromatic nitrogens is 3. The average molecular weight is 260 g/mol. The van der Waals surface area contributed by atoms with E-state index >= 15 is 0 Å². The van der Waals surface area contributed by atoms with Crippen LogP contribution < -0.4 is 0 Å². The lowest BCUT2D eigenvalue weighted by Gasteiger charge is -2.07. The summed E-state index contributed by atoms with van der Waals surface area (Å²) in [6, 6.07) is 18.1. The van der Waals surface area contributed by atoms with E-state index in [1.807, 2.05) is 48.5 Å². The van der Waals surface area contributed by atoms with Crippen molar-refractivity contribution in [3.63, 3.8) is 0 Å². The van der Waals surface area contributed by atoms with Gasteiger partial charge < -0.3 is 0 Å². The lowest BCUT2D eigenvalue weighted by molar-refractivity contribution is 0.685. The van der Waals surface area contributed by atoms with Gasteiger partial charge >= 0.3 is 0 Å². The highest BCUT2D eigenvalue weighted by atomic mass is 15.3. The number of nitrogens with zero attached hydrogens (tertiary/aromatic N) is 4. The van der Waals surface area contributed by atoms with Crippen LogP contribution in [0.1, 0.15) is 11.1 Å². The maximum atomic E-state index is 9.35. The largest absolute Gasteiger partial charge is 0.249 e. The molecule has 96 valence electrons. The molecule has 0 amide bonds. The smallest absolute Gasteiger partial charge is 0.137 e. The molecule has 0 N–H and O–H groups in total. The predicted molar refractivity (Wildman–Crippen MR) is 75.7 cm³/mol. The monoisotopic (exact) mass is 260 g/mol. The molecular weight excluding hydrogens is 248 g/mol. The Kier molecular flexibility index (Phi) is 3.25. The van der Waals surface area contributed by atoms with Crippen LogP contribution in [0.25, 0.3) is 11.1 Å². The molecule has 0 fully saturated rings. The Labute approximate surface area is 116 Å². The Hall–Kier alpha value is -2.93. The van der Waals surface area contributed by atoms with Crippen molar-refractivity contribution in [3.8, 4) is 17.2 Å². The second-order valence-corrected chi connectivity index (χ2v) is 4.45. The van der Waals surface area contributed by atoms with Crippen molar-refractivity contribution in [2.75, 3.05) is 0 Å². The molecule has 0 aliphatic heterocycles. The van der Waals surface area contributed by atoms with Gasteiger partial charge in [-0.3, -0.25) is 0 Å². The number of nitriles is 1. The van der Waals surface area contributed by atoms with Gasteiger partial charge in [0.1, 0.15) is 12.7 Å². The summed E-state index contributed by atoms with van der Waals surface area (Å²) in [4.78, 5) is 3.91. The SMILES string of the molecule is N#Cc1cc(Cn2cncn2)ccc1-c1ccccc1. The van der Waals surface area contributed by atoms with Crippen molar-refractivity contribution in [1.29, 1.82) is 5.26 Å². The molecule has 0 unspecified atom stereocenters. The molecule has 0 radical (unpaired) electrons. The molecule has 0 spiro atoms. The first-order chi connectivity index (χ1) is 9.86. The number of hydrogen-bond acceptors (Lipinski definition) is 3. The Morgan fingerprint density at radius 3 is 2.65 bits per heavy atom. The minimum Gasteiger partial charge on any atom is -0.249 e. The molecule has 0 saturated heterocycles. The molecule has 0 saturated carbocycles. The zero-order valence-electron chi connectivity index (χ0n) is 10.8. The van der Waals surface area contributed by atoms with Crippen molar-refractivity contribution in [3.05, 3.63) is 72.3 Å². The summed E-state index contributed by atoms with van der Waals surface area (Å²) in [6.45, 7) is 0.615. The molecule has 1 heterocycles. The van der Waals surface area contributed by atoms with Gasteiger partial charge in [-0.25, -0.2) is 9.67 Å². The Balaban J connectivity index is 1.97. The first-order valence-electron chi connectivity index (χ1n) is 6.27. The van der Waals surface area contributed by atoms with Gasteiger partial charge in [0, 0.05) is 0 Å². The fraction of sp³-hybridized carbons (Fsp3) is 0.0625. The quantitative estimate of drug-likeness (QED) is 0.727. The van der Waals surface area contributed by atoms with E-state index in [-0.39, 0.29) is 0 Å². The summed E-state index contributed by atoms with van der Waals surface area (Å²) in [5.74, 6) is 0. The second-order valence-electron chi connectivity index (χ2n) is 4.45. The molecule has 0 atom stereocenters. The van der Waals surface area contributed by atoms with E-state index in [9.17, 15) is 5.26 Å². The predicted octanol–water partition coefficient (Wildman–Crippen LogP) is 2.87. The van der Waals surface area contributed by atoms with Crippen LogP contribution in [0.2, 0.25) is 0 Å². The van der Waals surface area contributed by atoms with Crippen molar-refractivity contribution in [2.24, 2.45) is 0 Å². The summed E-state index contributed by atoms with van der Waals surface area (Å²) in [5, 5.41) is 13.4. The number of rotatable bonds is 3. The fourth-order valence-corrected chi connectivity index (χ4v) is 2.15. The van der Waals surface area contributed by atoms with E-state index in [4.69, 9.17) is 0 Å². The van der Waals surface area contributed by atoms with Crippen LogP contribution in [0, 0.1) is 11.3 Å². The van der Waals surface area contributed by atoms with Gasteiger partial charge in [-0.2, -0.15) is 10.4 Å². The Morgan fingerprint density at radius 1 is 1.10 bits per heavy atom. The van der Waals surface area contributed by atoms with Gasteiger partial charge in [-0.1, -0.05) is 42.5 Å². The van der Waals surface area contributed by atoms with Crippen molar-refractivity contribution < 1.29 is 0 Å². The van der Waals surface area contributed by atoms with Crippen LogP contribution in [-0.2, 0) is 6.54 Å².